The number of piperidine rings is 1. The van der Waals surface area contributed by atoms with E-state index in [1.165, 1.54) is 6.42 Å². The molecule has 0 spiro atoms. The predicted molar refractivity (Wildman–Crippen MR) is 84.0 cm³/mol. The molecule has 0 unspecified atom stereocenters. The molecule has 5 nitrogen and oxygen atoms in total. The lowest BCUT2D eigenvalue weighted by Crippen LogP contribution is -2.38. The van der Waals surface area contributed by atoms with Crippen LogP contribution >= 0.6 is 0 Å². The minimum atomic E-state index is 0.194. The number of aromatic nitrogens is 3. The predicted octanol–water partition coefficient (Wildman–Crippen LogP) is 2.81. The molecule has 2 aromatic heterocycles. The third-order valence-corrected chi connectivity index (χ3v) is 4.23. The maximum atomic E-state index is 12.6. The summed E-state index contributed by atoms with van der Waals surface area (Å²) in [6, 6.07) is 6.13. The number of carbonyl (C=O) groups excluding carboxylic acids is 1. The van der Waals surface area contributed by atoms with E-state index >= 15 is 0 Å². The molecule has 1 aliphatic rings. The molecule has 3 rings (SSSR count). The molecule has 2 aromatic rings. The number of hydrogen-bond donors (Lipinski definition) is 0. The van der Waals surface area contributed by atoms with Gasteiger partial charge in [0.15, 0.2) is 0 Å². The van der Waals surface area contributed by atoms with Gasteiger partial charge in [-0.2, -0.15) is 5.10 Å². The standard InChI is InChI=1S/C17H22N4O/c22-17(8-4-11-20-12-5-10-19-20)21-13-2-1-7-16(21)15-6-3-9-18-14-15/h3,5-6,9-10,12,14,16H,1-2,4,7-8,11,13H2/t16-/m1/s1. The maximum Gasteiger partial charge on any atom is 0.223 e. The number of likely N-dealkylation sites (tertiary alicyclic amines) is 1. The Morgan fingerprint density at radius 2 is 2.23 bits per heavy atom. The fourth-order valence-electron chi connectivity index (χ4n) is 3.12. The van der Waals surface area contributed by atoms with E-state index in [9.17, 15) is 4.79 Å². The lowest BCUT2D eigenvalue weighted by Gasteiger charge is -2.36. The van der Waals surface area contributed by atoms with E-state index in [1.54, 1.807) is 12.4 Å². The summed E-state index contributed by atoms with van der Waals surface area (Å²) in [6.07, 6.45) is 12.1. The molecule has 1 atom stereocenters. The van der Waals surface area contributed by atoms with Crippen LogP contribution in [0.1, 0.15) is 43.7 Å². The Morgan fingerprint density at radius 1 is 1.27 bits per heavy atom. The number of pyridine rings is 1. The molecular weight excluding hydrogens is 276 g/mol. The summed E-state index contributed by atoms with van der Waals surface area (Å²) < 4.78 is 1.88. The smallest absolute Gasteiger partial charge is 0.223 e. The average Bonchev–Trinajstić information content (AvgIpc) is 3.09. The molecule has 1 aliphatic heterocycles. The zero-order chi connectivity index (χ0) is 15.2. The van der Waals surface area contributed by atoms with E-state index in [0.29, 0.717) is 6.42 Å². The second kappa shape index (κ2) is 7.20. The van der Waals surface area contributed by atoms with Gasteiger partial charge in [-0.15, -0.1) is 0 Å². The Bertz CT molecular complexity index is 582. The number of hydrogen-bond acceptors (Lipinski definition) is 3. The molecule has 5 heteroatoms. The molecule has 22 heavy (non-hydrogen) atoms. The Morgan fingerprint density at radius 3 is 3.00 bits per heavy atom. The normalized spacial score (nSPS) is 18.4. The van der Waals surface area contributed by atoms with Gasteiger partial charge in [0.25, 0.3) is 0 Å². The van der Waals surface area contributed by atoms with Gasteiger partial charge in [-0.1, -0.05) is 6.07 Å². The fraction of sp³-hybridized carbons (Fsp3) is 0.471. The van der Waals surface area contributed by atoms with Crippen LogP contribution in [0.3, 0.4) is 0 Å². The summed E-state index contributed by atoms with van der Waals surface area (Å²) in [4.78, 5) is 18.8. The summed E-state index contributed by atoms with van der Waals surface area (Å²) in [5.74, 6) is 0.251. The number of nitrogens with zero attached hydrogens (tertiary/aromatic N) is 4. The maximum absolute atomic E-state index is 12.6. The summed E-state index contributed by atoms with van der Waals surface area (Å²) in [5, 5.41) is 4.17. The van der Waals surface area contributed by atoms with Crippen LogP contribution < -0.4 is 0 Å². The van der Waals surface area contributed by atoms with Gasteiger partial charge in [0.05, 0.1) is 6.04 Å². The van der Waals surface area contributed by atoms with Crippen molar-refractivity contribution in [1.82, 2.24) is 19.7 Å². The molecule has 1 fully saturated rings. The van der Waals surface area contributed by atoms with Crippen LogP contribution in [0.15, 0.2) is 43.0 Å². The van der Waals surface area contributed by atoms with E-state index in [-0.39, 0.29) is 11.9 Å². The second-order valence-electron chi connectivity index (χ2n) is 5.76. The minimum Gasteiger partial charge on any atom is -0.336 e. The van der Waals surface area contributed by atoms with Gasteiger partial charge >= 0.3 is 0 Å². The molecule has 3 heterocycles. The van der Waals surface area contributed by atoms with Crippen molar-refractivity contribution in [3.63, 3.8) is 0 Å². The first-order valence-electron chi connectivity index (χ1n) is 8.01. The Labute approximate surface area is 131 Å². The topological polar surface area (TPSA) is 51.0 Å². The van der Waals surface area contributed by atoms with Crippen LogP contribution in [0, 0.1) is 0 Å². The summed E-state index contributed by atoms with van der Waals surface area (Å²) in [7, 11) is 0. The minimum absolute atomic E-state index is 0.194. The van der Waals surface area contributed by atoms with E-state index in [0.717, 1.165) is 37.9 Å². The summed E-state index contributed by atoms with van der Waals surface area (Å²) >= 11 is 0. The Kier molecular flexibility index (Phi) is 4.83. The number of rotatable bonds is 5. The lowest BCUT2D eigenvalue weighted by atomic mass is 9.96. The van der Waals surface area contributed by atoms with Crippen molar-refractivity contribution in [3.05, 3.63) is 48.5 Å². The molecule has 0 N–H and O–H groups in total. The third kappa shape index (κ3) is 3.53. The summed E-state index contributed by atoms with van der Waals surface area (Å²) in [6.45, 7) is 1.66. The van der Waals surface area contributed by atoms with Crippen molar-refractivity contribution in [2.45, 2.75) is 44.7 Å². The summed E-state index contributed by atoms with van der Waals surface area (Å²) in [5.41, 5.74) is 1.16. The molecule has 1 saturated heterocycles. The second-order valence-corrected chi connectivity index (χ2v) is 5.76. The van der Waals surface area contributed by atoms with Crippen molar-refractivity contribution >= 4 is 5.91 Å². The van der Waals surface area contributed by atoms with Crippen molar-refractivity contribution in [3.8, 4) is 0 Å². The van der Waals surface area contributed by atoms with Gasteiger partial charge in [0.2, 0.25) is 5.91 Å². The molecule has 0 bridgehead atoms. The molecule has 0 aromatic carbocycles. The van der Waals surface area contributed by atoms with Crippen molar-refractivity contribution < 1.29 is 4.79 Å². The highest BCUT2D eigenvalue weighted by Crippen LogP contribution is 2.31. The monoisotopic (exact) mass is 298 g/mol. The number of carbonyl (C=O) groups is 1. The molecular formula is C17H22N4O. The highest BCUT2D eigenvalue weighted by Gasteiger charge is 2.27. The Balaban J connectivity index is 1.59. The number of amides is 1. The van der Waals surface area contributed by atoms with Crippen LogP contribution in [0.2, 0.25) is 0 Å². The molecule has 116 valence electrons. The quantitative estimate of drug-likeness (QED) is 0.853. The van der Waals surface area contributed by atoms with E-state index in [2.05, 4.69) is 16.1 Å². The van der Waals surface area contributed by atoms with Gasteiger partial charge in [-0.05, 0) is 43.4 Å². The van der Waals surface area contributed by atoms with Gasteiger partial charge in [-0.25, -0.2) is 0 Å². The van der Waals surface area contributed by atoms with E-state index < -0.39 is 0 Å². The zero-order valence-corrected chi connectivity index (χ0v) is 12.8. The van der Waals surface area contributed by atoms with Crippen molar-refractivity contribution in [1.29, 1.82) is 0 Å². The van der Waals surface area contributed by atoms with Crippen LogP contribution in [0.5, 0.6) is 0 Å². The van der Waals surface area contributed by atoms with Crippen LogP contribution in [0.25, 0.3) is 0 Å². The van der Waals surface area contributed by atoms with Crippen molar-refractivity contribution in [2.24, 2.45) is 0 Å². The third-order valence-electron chi connectivity index (χ3n) is 4.23. The lowest BCUT2D eigenvalue weighted by molar-refractivity contribution is -0.135. The van der Waals surface area contributed by atoms with Crippen LogP contribution in [0.4, 0.5) is 0 Å². The molecule has 1 amide bonds. The molecule has 0 aliphatic carbocycles. The first-order chi connectivity index (χ1) is 10.8. The fourth-order valence-corrected chi connectivity index (χ4v) is 3.12. The van der Waals surface area contributed by atoms with E-state index in [4.69, 9.17) is 0 Å². The zero-order valence-electron chi connectivity index (χ0n) is 12.8. The highest BCUT2D eigenvalue weighted by atomic mass is 16.2. The average molecular weight is 298 g/mol. The first kappa shape index (κ1) is 14.8. The van der Waals surface area contributed by atoms with Gasteiger partial charge in [-0.3, -0.25) is 14.5 Å². The SMILES string of the molecule is O=C(CCCn1cccn1)N1CCCC[C@@H]1c1cccnc1. The van der Waals surface area contributed by atoms with Crippen molar-refractivity contribution in [2.75, 3.05) is 6.54 Å². The van der Waals surface area contributed by atoms with Gasteiger partial charge < -0.3 is 4.90 Å². The van der Waals surface area contributed by atoms with Gasteiger partial charge in [0.1, 0.15) is 0 Å². The molecule has 0 saturated carbocycles. The Hall–Kier alpha value is -2.17. The molecule has 0 radical (unpaired) electrons. The van der Waals surface area contributed by atoms with Gasteiger partial charge in [0, 0.05) is 44.3 Å². The number of aryl methyl sites for hydroxylation is 1. The van der Waals surface area contributed by atoms with E-state index in [1.807, 2.05) is 34.1 Å². The highest BCUT2D eigenvalue weighted by molar-refractivity contribution is 5.76. The first-order valence-corrected chi connectivity index (χ1v) is 8.01. The van der Waals surface area contributed by atoms with Crippen LogP contribution in [-0.4, -0.2) is 32.1 Å². The largest absolute Gasteiger partial charge is 0.336 e. The van der Waals surface area contributed by atoms with Crippen LogP contribution in [-0.2, 0) is 11.3 Å².